The van der Waals surface area contributed by atoms with Crippen LogP contribution in [0.1, 0.15) is 199 Å². The van der Waals surface area contributed by atoms with Crippen molar-refractivity contribution in [3.63, 3.8) is 0 Å². The second-order valence-corrected chi connectivity index (χ2v) is 29.2. The van der Waals surface area contributed by atoms with E-state index in [1.165, 1.54) is 13.0 Å². The van der Waals surface area contributed by atoms with Gasteiger partial charge in [-0.3, -0.25) is 0 Å². The van der Waals surface area contributed by atoms with E-state index in [0.29, 0.717) is 57.8 Å². The molecule has 11 N–H and O–H groups in total. The van der Waals surface area contributed by atoms with Crippen LogP contribution in [0.2, 0.25) is 0 Å². The Morgan fingerprint density at radius 2 is 0.957 bits per heavy atom. The highest BCUT2D eigenvalue weighted by molar-refractivity contribution is 5.88. The molecule has 0 amide bonds. The zero-order chi connectivity index (χ0) is 70.3. The van der Waals surface area contributed by atoms with Crippen LogP contribution in [0.25, 0.3) is 0 Å². The predicted molar refractivity (Wildman–Crippen MR) is 358 cm³/mol. The van der Waals surface area contributed by atoms with E-state index < -0.39 is 139 Å². The molecule has 0 aliphatic carbocycles. The van der Waals surface area contributed by atoms with Crippen molar-refractivity contribution < 1.29 is 104 Å². The van der Waals surface area contributed by atoms with Crippen molar-refractivity contribution in [1.29, 1.82) is 0 Å². The molecule has 30 unspecified atom stereocenters. The van der Waals surface area contributed by atoms with E-state index >= 15 is 0 Å². The van der Waals surface area contributed by atoms with Crippen LogP contribution in [0.4, 0.5) is 0 Å². The van der Waals surface area contributed by atoms with Crippen LogP contribution in [0.15, 0.2) is 47.6 Å². The number of rotatable bonds is 42. The molecule has 0 saturated carbocycles. The number of carboxylic acid groups (broad SMARTS) is 1. The Hall–Kier alpha value is -2.78. The molecule has 4 aliphatic rings. The summed E-state index contributed by atoms with van der Waals surface area (Å²) >= 11 is 0. The first-order valence-electron chi connectivity index (χ1n) is 35.4. The maximum atomic E-state index is 14.1. The fraction of sp³-hybridized carbons (Fsp3) is 0.863. The van der Waals surface area contributed by atoms with Crippen molar-refractivity contribution in [2.75, 3.05) is 21.3 Å². The van der Waals surface area contributed by atoms with Gasteiger partial charge in [0, 0.05) is 93.7 Å². The number of hydrogen-bond acceptors (Lipinski definition) is 20. The van der Waals surface area contributed by atoms with Gasteiger partial charge in [-0.1, -0.05) is 91.8 Å². The van der Waals surface area contributed by atoms with Crippen molar-refractivity contribution in [2.24, 2.45) is 47.3 Å². The number of hydrogen-bond donors (Lipinski definition) is 11. The normalized spacial score (nSPS) is 30.6. The highest BCUT2D eigenvalue weighted by atomic mass is 16.6. The van der Waals surface area contributed by atoms with Crippen molar-refractivity contribution in [2.45, 2.75) is 333 Å². The Morgan fingerprint density at radius 3 is 1.41 bits per heavy atom. The average molecular weight is 1340 g/mol. The first-order chi connectivity index (χ1) is 44.3. The molecule has 0 aromatic carbocycles. The Bertz CT molecular complexity index is 2270. The van der Waals surface area contributed by atoms with Gasteiger partial charge in [-0.2, -0.15) is 0 Å². The predicted octanol–water partition coefficient (Wildman–Crippen LogP) is 7.86. The van der Waals surface area contributed by atoms with Crippen LogP contribution in [0.3, 0.4) is 0 Å². The minimum absolute atomic E-state index is 0.0196. The summed E-state index contributed by atoms with van der Waals surface area (Å²) in [7, 11) is 4.83. The van der Waals surface area contributed by atoms with Gasteiger partial charge in [-0.25, -0.2) is 9.59 Å². The lowest BCUT2D eigenvalue weighted by atomic mass is 9.78. The molecule has 0 aromatic heterocycles. The van der Waals surface area contributed by atoms with Crippen LogP contribution in [0, 0.1) is 47.3 Å². The van der Waals surface area contributed by atoms with Gasteiger partial charge in [-0.05, 0) is 129 Å². The van der Waals surface area contributed by atoms with Crippen molar-refractivity contribution in [3.05, 3.63) is 47.6 Å². The fourth-order valence-corrected chi connectivity index (χ4v) is 14.5. The number of ether oxygens (including phenoxy) is 8. The number of esters is 1. The van der Waals surface area contributed by atoms with Gasteiger partial charge in [0.15, 0.2) is 0 Å². The second-order valence-electron chi connectivity index (χ2n) is 29.2. The van der Waals surface area contributed by atoms with E-state index in [9.17, 15) is 65.8 Å². The Kier molecular flexibility index (Phi) is 37.1. The van der Waals surface area contributed by atoms with Gasteiger partial charge in [0.05, 0.1) is 128 Å². The number of methoxy groups -OCH3 is 3. The smallest absolute Gasteiger partial charge is 0.333 e. The number of aliphatic carboxylic acids is 1. The van der Waals surface area contributed by atoms with Crippen LogP contribution in [-0.2, 0) is 47.5 Å². The first kappa shape index (κ1) is 83.6. The highest BCUT2D eigenvalue weighted by Crippen LogP contribution is 2.36. The molecule has 2 saturated heterocycles. The van der Waals surface area contributed by atoms with E-state index in [-0.39, 0.29) is 104 Å². The van der Waals surface area contributed by atoms with Gasteiger partial charge in [-0.15, -0.1) is 0 Å². The molecule has 4 heterocycles. The Balaban J connectivity index is 1.34. The Morgan fingerprint density at radius 1 is 0.521 bits per heavy atom. The third-order valence-corrected chi connectivity index (χ3v) is 21.4. The molecular formula is C73H128O21. The van der Waals surface area contributed by atoms with Gasteiger partial charge >= 0.3 is 11.9 Å². The number of carbonyl (C=O) groups excluding carboxylic acids is 1. The summed E-state index contributed by atoms with van der Waals surface area (Å²) in [5.41, 5.74) is 0.354. The van der Waals surface area contributed by atoms with Crippen LogP contribution in [0.5, 0.6) is 0 Å². The summed E-state index contributed by atoms with van der Waals surface area (Å²) in [6, 6.07) is 0. The van der Waals surface area contributed by atoms with Gasteiger partial charge in [0.2, 0.25) is 0 Å². The molecule has 0 aromatic rings. The number of carboxylic acids is 1. The largest absolute Gasteiger partial charge is 0.478 e. The van der Waals surface area contributed by atoms with Crippen molar-refractivity contribution in [3.8, 4) is 0 Å². The molecule has 4 aliphatic heterocycles. The second kappa shape index (κ2) is 41.7. The standard InChI is InChI=1S/C73H128O21/c1-40(25-29-60-35-61(87-13)31-45(6)91-60)68(81)50(11)70(83)48(9)64(79)38-62(77)46(7)66(88-14)36-57-21-17-19-56(93-57)33-53(75)27-23-43(4)73(86)94-71(51(12)69(82)41(2)24-28-59-34-54(76)30-44(5)90-59)49(10)65(80)39-63(78)47(8)67(89-15)37-58-20-16-18-55(92-58)32-52(74)26-22-42(3)72(84)85/h16-19,22-23,40-41,44-71,74-83H,20-21,24-39H2,1-15H3,(H,84,85). The highest BCUT2D eigenvalue weighted by Gasteiger charge is 2.42. The first-order valence-corrected chi connectivity index (χ1v) is 35.4. The van der Waals surface area contributed by atoms with Gasteiger partial charge < -0.3 is 94.1 Å². The number of aliphatic hydroxyl groups is 10. The van der Waals surface area contributed by atoms with Crippen molar-refractivity contribution >= 4 is 11.9 Å². The van der Waals surface area contributed by atoms with Crippen LogP contribution in [-0.4, -0.2) is 224 Å². The van der Waals surface area contributed by atoms with E-state index in [1.54, 1.807) is 62.0 Å². The SMILES string of the molecule is COC1CC(C)OC(CCC(C)C(O)C(C)C(O)C(C)C(O)CC(O)C(C)C(CC2CC=CC(CC(O)CC=C(C)C(=O)OC(C(C)C(O)CC(O)C(C)C(CC3CC=CC(CC(O)CC=C(C)C(=O)O)O3)OC)C(C)C(O)C(C)CCC3CC(O)CC(C)O3)O2)OC)C1. The molecule has 30 atom stereocenters. The molecule has 0 spiro atoms. The maximum absolute atomic E-state index is 14.1. The fourth-order valence-electron chi connectivity index (χ4n) is 14.5. The zero-order valence-corrected chi connectivity index (χ0v) is 59.5. The third-order valence-electron chi connectivity index (χ3n) is 21.4. The molecule has 4 rings (SSSR count). The summed E-state index contributed by atoms with van der Waals surface area (Å²) in [6.07, 6.45) is 5.75. The van der Waals surface area contributed by atoms with Crippen molar-refractivity contribution in [1.82, 2.24) is 0 Å². The molecule has 0 radical (unpaired) electrons. The summed E-state index contributed by atoms with van der Waals surface area (Å²) < 4.78 is 48.7. The lowest BCUT2D eigenvalue weighted by Gasteiger charge is -2.38. The minimum atomic E-state index is -1.21. The summed E-state index contributed by atoms with van der Waals surface area (Å²) in [5.74, 6) is -5.76. The topological polar surface area (TPSA) is 331 Å². The number of aliphatic hydroxyl groups excluding tert-OH is 10. The minimum Gasteiger partial charge on any atom is -0.478 e. The summed E-state index contributed by atoms with van der Waals surface area (Å²) in [6.45, 7) is 21.6. The van der Waals surface area contributed by atoms with E-state index in [2.05, 4.69) is 0 Å². The summed E-state index contributed by atoms with van der Waals surface area (Å²) in [4.78, 5) is 25.4. The maximum Gasteiger partial charge on any atom is 0.333 e. The van der Waals surface area contributed by atoms with Crippen LogP contribution < -0.4 is 0 Å². The number of carbonyl (C=O) groups is 2. The molecule has 0 bridgehead atoms. The Labute approximate surface area is 562 Å². The quantitative estimate of drug-likeness (QED) is 0.0157. The zero-order valence-electron chi connectivity index (χ0n) is 59.5. The van der Waals surface area contributed by atoms with Gasteiger partial charge in [0.1, 0.15) is 6.10 Å². The molecular weight excluding hydrogens is 1210 g/mol. The average Bonchev–Trinajstić information content (AvgIpc) is 0.872. The molecule has 94 heavy (non-hydrogen) atoms. The molecule has 21 nitrogen and oxygen atoms in total. The molecule has 546 valence electrons. The van der Waals surface area contributed by atoms with Crippen LogP contribution >= 0.6 is 0 Å². The lowest BCUT2D eigenvalue weighted by Crippen LogP contribution is -2.46. The van der Waals surface area contributed by atoms with E-state index in [1.807, 2.05) is 65.8 Å². The third kappa shape index (κ3) is 27.4. The molecule has 21 heteroatoms. The lowest BCUT2D eigenvalue weighted by molar-refractivity contribution is -0.158. The van der Waals surface area contributed by atoms with Gasteiger partial charge in [0.25, 0.3) is 0 Å². The summed E-state index contributed by atoms with van der Waals surface area (Å²) in [5, 5.41) is 123. The molecule has 2 fully saturated rings. The monoisotopic (exact) mass is 1340 g/mol. The van der Waals surface area contributed by atoms with E-state index in [4.69, 9.17) is 37.9 Å². The van der Waals surface area contributed by atoms with E-state index in [0.717, 1.165) is 19.3 Å².